The average molecular weight is 543 g/mol. The average Bonchev–Trinajstić information content (AvgIpc) is 3.03. The minimum absolute atomic E-state index is 0.0289. The zero-order chi connectivity index (χ0) is 27.4. The lowest BCUT2D eigenvalue weighted by Gasteiger charge is -2.46. The van der Waals surface area contributed by atoms with Gasteiger partial charge in [-0.3, -0.25) is 14.5 Å². The number of pyridine rings is 1. The van der Waals surface area contributed by atoms with E-state index in [-0.39, 0.29) is 63.3 Å². The van der Waals surface area contributed by atoms with Gasteiger partial charge in [-0.05, 0) is 39.1 Å². The summed E-state index contributed by atoms with van der Waals surface area (Å²) in [7, 11) is 2.06. The van der Waals surface area contributed by atoms with Gasteiger partial charge >= 0.3 is 0 Å². The van der Waals surface area contributed by atoms with Gasteiger partial charge in [-0.1, -0.05) is 24.2 Å². The number of nitrogens with two attached hydrogens (primary N) is 1. The van der Waals surface area contributed by atoms with Crippen molar-refractivity contribution in [2.75, 3.05) is 63.6 Å². The Morgan fingerprint density at radius 3 is 2.71 bits per heavy atom. The second-order valence-electron chi connectivity index (χ2n) is 10.6. The Morgan fingerprint density at radius 2 is 2.03 bits per heavy atom. The van der Waals surface area contributed by atoms with E-state index in [1.54, 1.807) is 15.9 Å². The number of rotatable bonds is 3. The zero-order valence-electron chi connectivity index (χ0n) is 21.8. The van der Waals surface area contributed by atoms with Gasteiger partial charge in [0.1, 0.15) is 34.5 Å². The molecule has 3 aliphatic heterocycles. The summed E-state index contributed by atoms with van der Waals surface area (Å²) in [6, 6.07) is 4.01. The number of likely N-dealkylation sites (N-methyl/N-ethyl adjacent to an activating group) is 1. The monoisotopic (exact) mass is 542 g/mol. The highest BCUT2D eigenvalue weighted by Gasteiger charge is 2.42. The van der Waals surface area contributed by atoms with Gasteiger partial charge in [0.05, 0.1) is 11.6 Å². The molecule has 202 valence electrons. The second kappa shape index (κ2) is 9.74. The Balaban J connectivity index is 1.67. The molecule has 2 amide bonds. The molecule has 2 N–H and O–H groups in total. The molecular weight excluding hydrogens is 511 g/mol. The van der Waals surface area contributed by atoms with Crippen LogP contribution in [0.3, 0.4) is 0 Å². The van der Waals surface area contributed by atoms with Crippen LogP contribution in [-0.2, 0) is 4.79 Å². The third-order valence-corrected chi connectivity index (χ3v) is 8.19. The first-order valence-electron chi connectivity index (χ1n) is 12.6. The van der Waals surface area contributed by atoms with Crippen molar-refractivity contribution in [3.05, 3.63) is 47.3 Å². The predicted octanol–water partition coefficient (Wildman–Crippen LogP) is 2.89. The molecule has 0 aliphatic carbocycles. The first-order chi connectivity index (χ1) is 18.0. The Morgan fingerprint density at radius 1 is 1.26 bits per heavy atom. The number of nitrogens with zero attached hydrogens (tertiary/aromatic N) is 5. The normalized spacial score (nSPS) is 21.3. The van der Waals surface area contributed by atoms with Gasteiger partial charge in [0.2, 0.25) is 5.91 Å². The maximum absolute atomic E-state index is 15.1. The Hall–Kier alpha value is -3.37. The topological polar surface area (TPSA) is 95.2 Å². The van der Waals surface area contributed by atoms with Crippen molar-refractivity contribution in [2.24, 2.45) is 0 Å². The standard InChI is InChI=1S/C27H32ClFN6O3/c1-5-19(36)33-11-12-35-16(13-33)14-38-24-21(26(35)37)25(34-10-9-32(4)27(2,3)15-34)31-23(22(24)28)20-17(29)7-6-8-18(20)30/h5-8,16H,1,9-15,30H2,2-4H3/t16-/m1/s1. The van der Waals surface area contributed by atoms with E-state index in [9.17, 15) is 9.59 Å². The van der Waals surface area contributed by atoms with Crippen LogP contribution >= 0.6 is 11.6 Å². The van der Waals surface area contributed by atoms with Crippen LogP contribution in [0.15, 0.2) is 30.9 Å². The van der Waals surface area contributed by atoms with Crippen LogP contribution in [0, 0.1) is 5.82 Å². The quantitative estimate of drug-likeness (QED) is 0.471. The van der Waals surface area contributed by atoms with Crippen LogP contribution in [-0.4, -0.2) is 96.0 Å². The molecule has 2 aromatic rings. The lowest BCUT2D eigenvalue weighted by molar-refractivity contribution is -0.128. The molecule has 5 rings (SSSR count). The number of carbonyl (C=O) groups is 2. The molecule has 1 aromatic heterocycles. The molecule has 0 bridgehead atoms. The third kappa shape index (κ3) is 4.35. The SMILES string of the molecule is C=CC(=O)N1CCN2C(=O)c3c(N4CCN(C)C(C)(C)C4)nc(-c4c(N)cccc4F)c(Cl)c3OC[C@H]2C1. The van der Waals surface area contributed by atoms with Gasteiger partial charge in [-0.25, -0.2) is 9.37 Å². The summed E-state index contributed by atoms with van der Waals surface area (Å²) in [5, 5.41) is 0.0289. The van der Waals surface area contributed by atoms with Crippen molar-refractivity contribution in [3.8, 4) is 17.0 Å². The van der Waals surface area contributed by atoms with Crippen LogP contribution in [0.2, 0.25) is 5.02 Å². The highest BCUT2D eigenvalue weighted by molar-refractivity contribution is 6.35. The number of piperazine rings is 2. The van der Waals surface area contributed by atoms with E-state index >= 15 is 4.39 Å². The van der Waals surface area contributed by atoms with E-state index in [4.69, 9.17) is 27.1 Å². The number of anilines is 2. The van der Waals surface area contributed by atoms with Gasteiger partial charge < -0.3 is 25.2 Å². The molecule has 1 atom stereocenters. The number of hydrogen-bond acceptors (Lipinski definition) is 7. The van der Waals surface area contributed by atoms with Crippen LogP contribution in [0.1, 0.15) is 24.2 Å². The van der Waals surface area contributed by atoms with Gasteiger partial charge in [-0.2, -0.15) is 0 Å². The number of ether oxygens (including phenoxy) is 1. The Labute approximate surface area is 226 Å². The Kier molecular flexibility index (Phi) is 6.73. The van der Waals surface area contributed by atoms with E-state index in [1.807, 2.05) is 4.90 Å². The summed E-state index contributed by atoms with van der Waals surface area (Å²) in [6.45, 7) is 10.9. The fraction of sp³-hybridized carbons (Fsp3) is 0.444. The predicted molar refractivity (Wildman–Crippen MR) is 145 cm³/mol. The Bertz CT molecular complexity index is 1300. The fourth-order valence-corrected chi connectivity index (χ4v) is 5.67. The summed E-state index contributed by atoms with van der Waals surface area (Å²) in [5.74, 6) is -0.496. The highest BCUT2D eigenvalue weighted by Crippen LogP contribution is 2.45. The van der Waals surface area contributed by atoms with Gasteiger partial charge in [0.25, 0.3) is 5.91 Å². The maximum atomic E-state index is 15.1. The molecule has 11 heteroatoms. The van der Waals surface area contributed by atoms with Crippen molar-refractivity contribution in [1.82, 2.24) is 19.7 Å². The molecule has 0 unspecified atom stereocenters. The number of carbonyl (C=O) groups excluding carboxylic acids is 2. The van der Waals surface area contributed by atoms with Crippen LogP contribution in [0.25, 0.3) is 11.3 Å². The number of fused-ring (bicyclic) bond motifs is 2. The lowest BCUT2D eigenvalue weighted by Crippen LogP contribution is -2.59. The molecule has 0 spiro atoms. The van der Waals surface area contributed by atoms with Crippen molar-refractivity contribution in [1.29, 1.82) is 0 Å². The van der Waals surface area contributed by atoms with Crippen LogP contribution < -0.4 is 15.4 Å². The van der Waals surface area contributed by atoms with Gasteiger partial charge in [0.15, 0.2) is 5.75 Å². The molecule has 2 fully saturated rings. The van der Waals surface area contributed by atoms with E-state index < -0.39 is 5.82 Å². The highest BCUT2D eigenvalue weighted by atomic mass is 35.5. The minimum atomic E-state index is -0.569. The van der Waals surface area contributed by atoms with Gasteiger partial charge in [0, 0.05) is 50.5 Å². The van der Waals surface area contributed by atoms with Crippen LogP contribution in [0.4, 0.5) is 15.9 Å². The molecule has 2 saturated heterocycles. The molecule has 0 saturated carbocycles. The summed E-state index contributed by atoms with van der Waals surface area (Å²) in [4.78, 5) is 38.9. The number of nitrogen functional groups attached to an aromatic ring is 1. The number of halogens is 2. The zero-order valence-corrected chi connectivity index (χ0v) is 22.6. The smallest absolute Gasteiger partial charge is 0.261 e. The molecule has 1 aromatic carbocycles. The number of amides is 2. The summed E-state index contributed by atoms with van der Waals surface area (Å²) >= 11 is 6.85. The van der Waals surface area contributed by atoms with Crippen molar-refractivity contribution < 1.29 is 18.7 Å². The van der Waals surface area contributed by atoms with E-state index in [0.29, 0.717) is 38.5 Å². The minimum Gasteiger partial charge on any atom is -0.489 e. The third-order valence-electron chi connectivity index (χ3n) is 7.84. The van der Waals surface area contributed by atoms with Gasteiger partial charge in [-0.15, -0.1) is 0 Å². The van der Waals surface area contributed by atoms with E-state index in [0.717, 1.165) is 6.54 Å². The molecular formula is C27H32ClFN6O3. The molecule has 0 radical (unpaired) electrons. The molecule has 9 nitrogen and oxygen atoms in total. The van der Waals surface area contributed by atoms with Crippen molar-refractivity contribution in [2.45, 2.75) is 25.4 Å². The first kappa shape index (κ1) is 26.2. The summed E-state index contributed by atoms with van der Waals surface area (Å²) < 4.78 is 21.3. The number of benzene rings is 1. The van der Waals surface area contributed by atoms with E-state index in [1.165, 1.54) is 18.2 Å². The molecule has 38 heavy (non-hydrogen) atoms. The second-order valence-corrected chi connectivity index (χ2v) is 11.0. The molecule has 4 heterocycles. The number of aromatic nitrogens is 1. The lowest BCUT2D eigenvalue weighted by atomic mass is 9.98. The van der Waals surface area contributed by atoms with Crippen LogP contribution in [0.5, 0.6) is 5.75 Å². The maximum Gasteiger partial charge on any atom is 0.261 e. The largest absolute Gasteiger partial charge is 0.489 e. The van der Waals surface area contributed by atoms with Crippen molar-refractivity contribution >= 4 is 34.9 Å². The summed E-state index contributed by atoms with van der Waals surface area (Å²) in [5.41, 5.74) is 6.59. The van der Waals surface area contributed by atoms with Crippen molar-refractivity contribution in [3.63, 3.8) is 0 Å². The number of hydrogen-bond donors (Lipinski definition) is 1. The van der Waals surface area contributed by atoms with E-state index in [2.05, 4.69) is 32.4 Å². The summed E-state index contributed by atoms with van der Waals surface area (Å²) in [6.07, 6.45) is 1.27. The molecule has 3 aliphatic rings. The first-order valence-corrected chi connectivity index (χ1v) is 13.0. The fourth-order valence-electron chi connectivity index (χ4n) is 5.38.